The van der Waals surface area contributed by atoms with Gasteiger partial charge in [0.1, 0.15) is 6.04 Å². The van der Waals surface area contributed by atoms with Crippen molar-refractivity contribution in [2.75, 3.05) is 17.1 Å². The van der Waals surface area contributed by atoms with Gasteiger partial charge in [0.25, 0.3) is 0 Å². The molecule has 0 unspecified atom stereocenters. The molecule has 2 aromatic rings. The first-order valence-corrected chi connectivity index (χ1v) is 13.2. The Hall–Kier alpha value is -3.01. The summed E-state index contributed by atoms with van der Waals surface area (Å²) in [4.78, 5) is 27.4. The molecule has 2 amide bonds. The van der Waals surface area contributed by atoms with Crippen LogP contribution in [0.3, 0.4) is 0 Å². The van der Waals surface area contributed by atoms with Crippen LogP contribution in [0.2, 0.25) is 0 Å². The number of rotatable bonds is 11. The van der Waals surface area contributed by atoms with Gasteiger partial charge in [-0.25, -0.2) is 17.2 Å². The highest BCUT2D eigenvalue weighted by Gasteiger charge is 2.27. The van der Waals surface area contributed by atoms with Crippen LogP contribution in [-0.2, 0) is 26.2 Å². The molecule has 192 valence electrons. The predicted octanol–water partition coefficient (Wildman–Crippen LogP) is 3.76. The Labute approximate surface area is 206 Å². The molecule has 2 rings (SSSR count). The quantitative estimate of drug-likeness (QED) is 0.500. The van der Waals surface area contributed by atoms with Crippen LogP contribution in [0.25, 0.3) is 0 Å². The zero-order chi connectivity index (χ0) is 26.3. The lowest BCUT2D eigenvalue weighted by Crippen LogP contribution is -2.49. The summed E-state index contributed by atoms with van der Waals surface area (Å²) in [7, 11) is -3.81. The highest BCUT2D eigenvalue weighted by Crippen LogP contribution is 2.22. The van der Waals surface area contributed by atoms with Crippen LogP contribution in [0.1, 0.15) is 44.7 Å². The first kappa shape index (κ1) is 28.2. The first-order valence-electron chi connectivity index (χ1n) is 11.4. The van der Waals surface area contributed by atoms with E-state index in [4.69, 9.17) is 0 Å². The zero-order valence-electron chi connectivity index (χ0n) is 20.7. The smallest absolute Gasteiger partial charge is 0.242 e. The van der Waals surface area contributed by atoms with Gasteiger partial charge in [0, 0.05) is 31.6 Å². The number of nitrogens with zero attached hydrogens (tertiary/aromatic N) is 2. The number of carbonyl (C=O) groups is 2. The number of carbonyl (C=O) groups excluding carboxylic acids is 2. The lowest BCUT2D eigenvalue weighted by Gasteiger charge is -2.30. The molecule has 2 aromatic carbocycles. The second kappa shape index (κ2) is 12.1. The van der Waals surface area contributed by atoms with E-state index >= 15 is 0 Å². The molecule has 0 aliphatic carbocycles. The molecule has 7 nitrogen and oxygen atoms in total. The number of anilines is 1. The molecule has 0 aliphatic heterocycles. The molecule has 0 aliphatic rings. The van der Waals surface area contributed by atoms with Crippen molar-refractivity contribution in [2.45, 2.75) is 59.2 Å². The van der Waals surface area contributed by atoms with Gasteiger partial charge < -0.3 is 10.2 Å². The Bertz CT molecular complexity index is 1160. The number of benzene rings is 2. The lowest BCUT2D eigenvalue weighted by molar-refractivity contribution is -0.140. The maximum absolute atomic E-state index is 13.7. The molecular weight excluding hydrogens is 476 g/mol. The minimum absolute atomic E-state index is 0.0275. The third-order valence-electron chi connectivity index (χ3n) is 5.54. The summed E-state index contributed by atoms with van der Waals surface area (Å²) in [6.45, 7) is 7.34. The van der Waals surface area contributed by atoms with E-state index < -0.39 is 27.7 Å². The van der Waals surface area contributed by atoms with Gasteiger partial charge in [0.2, 0.25) is 21.8 Å². The van der Waals surface area contributed by atoms with Gasteiger partial charge in [-0.3, -0.25) is 13.9 Å². The van der Waals surface area contributed by atoms with Gasteiger partial charge in [-0.2, -0.15) is 0 Å². The summed E-state index contributed by atoms with van der Waals surface area (Å²) in [5, 5.41) is 2.82. The van der Waals surface area contributed by atoms with Crippen molar-refractivity contribution in [3.8, 4) is 0 Å². The molecule has 0 saturated carbocycles. The summed E-state index contributed by atoms with van der Waals surface area (Å²) < 4.78 is 52.5. The van der Waals surface area contributed by atoms with Crippen LogP contribution in [-0.4, -0.2) is 50.0 Å². The van der Waals surface area contributed by atoms with Crippen LogP contribution in [0, 0.1) is 18.6 Å². The average Bonchev–Trinajstić information content (AvgIpc) is 2.76. The normalized spacial score (nSPS) is 12.3. The van der Waals surface area contributed by atoms with E-state index in [2.05, 4.69) is 5.32 Å². The maximum Gasteiger partial charge on any atom is 0.242 e. The molecule has 0 saturated heterocycles. The topological polar surface area (TPSA) is 86.8 Å². The van der Waals surface area contributed by atoms with Crippen LogP contribution >= 0.6 is 0 Å². The summed E-state index contributed by atoms with van der Waals surface area (Å²) in [5.41, 5.74) is 1.84. The Balaban J connectivity index is 2.20. The van der Waals surface area contributed by atoms with Crippen molar-refractivity contribution in [1.29, 1.82) is 0 Å². The molecule has 0 aromatic heterocycles. The van der Waals surface area contributed by atoms with Gasteiger partial charge >= 0.3 is 0 Å². The largest absolute Gasteiger partial charge is 0.352 e. The monoisotopic (exact) mass is 509 g/mol. The third kappa shape index (κ3) is 8.02. The Morgan fingerprint density at radius 2 is 1.69 bits per heavy atom. The number of aryl methyl sites for hydroxylation is 1. The fourth-order valence-electron chi connectivity index (χ4n) is 3.60. The third-order valence-corrected chi connectivity index (χ3v) is 6.74. The number of nitrogens with one attached hydrogen (secondary N) is 1. The average molecular weight is 510 g/mol. The van der Waals surface area contributed by atoms with Gasteiger partial charge in [0.05, 0.1) is 11.9 Å². The second-order valence-corrected chi connectivity index (χ2v) is 10.7. The van der Waals surface area contributed by atoms with Crippen molar-refractivity contribution in [2.24, 2.45) is 0 Å². The molecule has 0 bridgehead atoms. The Kier molecular flexibility index (Phi) is 9.76. The molecule has 35 heavy (non-hydrogen) atoms. The fraction of sp³-hybridized carbons (Fsp3) is 0.440. The summed E-state index contributed by atoms with van der Waals surface area (Å²) in [6, 6.07) is 9.53. The van der Waals surface area contributed by atoms with Crippen LogP contribution in [0.5, 0.6) is 0 Å². The van der Waals surface area contributed by atoms with Crippen LogP contribution in [0.4, 0.5) is 14.5 Å². The van der Waals surface area contributed by atoms with E-state index in [1.165, 1.54) is 11.0 Å². The first-order chi connectivity index (χ1) is 16.3. The SMILES string of the molecule is Cc1ccccc1CN(C(=O)CCCN(c1ccc(F)c(F)c1)S(C)(=O)=O)[C@H](C)C(=O)NC(C)C. The lowest BCUT2D eigenvalue weighted by atomic mass is 10.1. The Morgan fingerprint density at radius 1 is 1.03 bits per heavy atom. The predicted molar refractivity (Wildman–Crippen MR) is 132 cm³/mol. The van der Waals surface area contributed by atoms with Crippen LogP contribution < -0.4 is 9.62 Å². The van der Waals surface area contributed by atoms with Gasteiger partial charge in [-0.1, -0.05) is 24.3 Å². The highest BCUT2D eigenvalue weighted by atomic mass is 32.2. The number of amides is 2. The molecule has 1 N–H and O–H groups in total. The van der Waals surface area contributed by atoms with Gasteiger partial charge in [0.15, 0.2) is 11.6 Å². The second-order valence-electron chi connectivity index (χ2n) is 8.82. The van der Waals surface area contributed by atoms with Crippen molar-refractivity contribution in [1.82, 2.24) is 10.2 Å². The van der Waals surface area contributed by atoms with E-state index in [0.29, 0.717) is 0 Å². The van der Waals surface area contributed by atoms with E-state index in [1.807, 2.05) is 45.0 Å². The summed E-state index contributed by atoms with van der Waals surface area (Å²) >= 11 is 0. The van der Waals surface area contributed by atoms with Crippen molar-refractivity contribution < 1.29 is 26.8 Å². The van der Waals surface area contributed by atoms with E-state index in [9.17, 15) is 26.8 Å². The van der Waals surface area contributed by atoms with Gasteiger partial charge in [-0.15, -0.1) is 0 Å². The van der Waals surface area contributed by atoms with Crippen molar-refractivity contribution >= 4 is 27.5 Å². The number of halogens is 2. The van der Waals surface area contributed by atoms with E-state index in [1.54, 1.807) is 6.92 Å². The molecule has 10 heteroatoms. The molecule has 0 radical (unpaired) electrons. The minimum atomic E-state index is -3.81. The molecule has 0 heterocycles. The van der Waals surface area contributed by atoms with E-state index in [-0.39, 0.29) is 49.5 Å². The van der Waals surface area contributed by atoms with Crippen molar-refractivity contribution in [3.05, 3.63) is 65.2 Å². The van der Waals surface area contributed by atoms with Crippen LogP contribution in [0.15, 0.2) is 42.5 Å². The minimum Gasteiger partial charge on any atom is -0.352 e. The number of hydrogen-bond donors (Lipinski definition) is 1. The molecule has 1 atom stereocenters. The highest BCUT2D eigenvalue weighted by molar-refractivity contribution is 7.92. The van der Waals surface area contributed by atoms with Gasteiger partial charge in [-0.05, 0) is 57.4 Å². The summed E-state index contributed by atoms with van der Waals surface area (Å²) in [5.74, 6) is -2.86. The summed E-state index contributed by atoms with van der Waals surface area (Å²) in [6.07, 6.45) is 1.04. The standard InChI is InChI=1S/C25H33F2N3O4S/c1-17(2)28-25(32)19(4)29(16-20-10-7-6-9-18(20)3)24(31)11-8-14-30(35(5,33)34)21-12-13-22(26)23(27)15-21/h6-7,9-10,12-13,15,17,19H,8,11,14,16H2,1-5H3,(H,28,32)/t19-/m1/s1. The molecule has 0 spiro atoms. The Morgan fingerprint density at radius 3 is 2.26 bits per heavy atom. The number of hydrogen-bond acceptors (Lipinski definition) is 4. The number of sulfonamides is 1. The maximum atomic E-state index is 13.7. The molecular formula is C25H33F2N3O4S. The fourth-order valence-corrected chi connectivity index (χ4v) is 4.56. The zero-order valence-corrected chi connectivity index (χ0v) is 21.5. The molecule has 0 fully saturated rings. The van der Waals surface area contributed by atoms with E-state index in [0.717, 1.165) is 33.8 Å². The van der Waals surface area contributed by atoms with Crippen molar-refractivity contribution in [3.63, 3.8) is 0 Å².